The molecule has 3 rings (SSSR count). The highest BCUT2D eigenvalue weighted by molar-refractivity contribution is 9.10. The standard InChI is InChI=1S/C12H20BrN5O2S/c1-9-7-17-6-4-3-5-10(17)8-18(9)21(19,20)12-11(13)14-15-16(12)2/h9-10H,3-8H2,1-2H3. The van der Waals surface area contributed by atoms with Gasteiger partial charge in [0, 0.05) is 32.2 Å². The molecule has 118 valence electrons. The van der Waals surface area contributed by atoms with Crippen LogP contribution in [0.4, 0.5) is 0 Å². The van der Waals surface area contributed by atoms with Crippen molar-refractivity contribution in [1.29, 1.82) is 0 Å². The predicted molar refractivity (Wildman–Crippen MR) is 81.3 cm³/mol. The first-order valence-corrected chi connectivity index (χ1v) is 9.45. The van der Waals surface area contributed by atoms with Crippen molar-refractivity contribution in [1.82, 2.24) is 24.2 Å². The topological polar surface area (TPSA) is 71.3 Å². The summed E-state index contributed by atoms with van der Waals surface area (Å²) in [5, 5.41) is 7.72. The highest BCUT2D eigenvalue weighted by Crippen LogP contribution is 2.30. The first-order valence-electron chi connectivity index (χ1n) is 7.22. The number of rotatable bonds is 2. The normalized spacial score (nSPS) is 28.5. The van der Waals surface area contributed by atoms with E-state index in [0.717, 1.165) is 19.5 Å². The molecule has 3 heterocycles. The van der Waals surface area contributed by atoms with Crippen molar-refractivity contribution in [2.75, 3.05) is 19.6 Å². The van der Waals surface area contributed by atoms with Crippen LogP contribution in [0.3, 0.4) is 0 Å². The number of sulfonamides is 1. The Morgan fingerprint density at radius 3 is 2.71 bits per heavy atom. The van der Waals surface area contributed by atoms with Gasteiger partial charge in [-0.3, -0.25) is 4.90 Å². The molecule has 0 radical (unpaired) electrons. The number of aromatic nitrogens is 3. The van der Waals surface area contributed by atoms with Gasteiger partial charge in [-0.2, -0.15) is 4.31 Å². The molecule has 0 N–H and O–H groups in total. The van der Waals surface area contributed by atoms with E-state index in [1.165, 1.54) is 17.5 Å². The van der Waals surface area contributed by atoms with E-state index in [9.17, 15) is 8.42 Å². The van der Waals surface area contributed by atoms with Crippen molar-refractivity contribution < 1.29 is 8.42 Å². The number of aryl methyl sites for hydroxylation is 1. The van der Waals surface area contributed by atoms with Crippen LogP contribution in [0.1, 0.15) is 26.2 Å². The minimum atomic E-state index is -3.58. The Balaban J connectivity index is 1.92. The molecule has 2 fully saturated rings. The number of hydrogen-bond donors (Lipinski definition) is 0. The molecular formula is C12H20BrN5O2S. The van der Waals surface area contributed by atoms with Crippen molar-refractivity contribution in [2.45, 2.75) is 43.3 Å². The zero-order valence-electron chi connectivity index (χ0n) is 12.2. The molecule has 0 bridgehead atoms. The quantitative estimate of drug-likeness (QED) is 0.762. The lowest BCUT2D eigenvalue weighted by Crippen LogP contribution is -2.60. The predicted octanol–water partition coefficient (Wildman–Crippen LogP) is 0.825. The van der Waals surface area contributed by atoms with E-state index in [1.807, 2.05) is 6.92 Å². The molecule has 0 amide bonds. The average Bonchev–Trinajstić information content (AvgIpc) is 2.77. The van der Waals surface area contributed by atoms with Crippen molar-refractivity contribution in [3.63, 3.8) is 0 Å². The summed E-state index contributed by atoms with van der Waals surface area (Å²) in [6.07, 6.45) is 3.47. The number of piperazine rings is 1. The molecule has 0 spiro atoms. The first kappa shape index (κ1) is 15.4. The zero-order valence-corrected chi connectivity index (χ0v) is 14.6. The van der Waals surface area contributed by atoms with E-state index in [1.54, 1.807) is 11.4 Å². The van der Waals surface area contributed by atoms with Crippen LogP contribution in [-0.2, 0) is 17.1 Å². The third-order valence-corrected chi connectivity index (χ3v) is 7.29. The van der Waals surface area contributed by atoms with Crippen molar-refractivity contribution in [3.05, 3.63) is 4.60 Å². The lowest BCUT2D eigenvalue weighted by Gasteiger charge is -2.46. The molecule has 1 aromatic heterocycles. The Kier molecular flexibility index (Phi) is 4.10. The van der Waals surface area contributed by atoms with Crippen molar-refractivity contribution in [2.24, 2.45) is 7.05 Å². The molecule has 2 aliphatic heterocycles. The summed E-state index contributed by atoms with van der Waals surface area (Å²) in [4.78, 5) is 2.43. The average molecular weight is 378 g/mol. The highest BCUT2D eigenvalue weighted by Gasteiger charge is 2.41. The molecule has 2 unspecified atom stereocenters. The Bertz CT molecular complexity index is 612. The third-order valence-electron chi connectivity index (χ3n) is 4.42. The van der Waals surface area contributed by atoms with Gasteiger partial charge in [0.1, 0.15) is 0 Å². The molecule has 7 nitrogen and oxygen atoms in total. The fraction of sp³-hybridized carbons (Fsp3) is 0.833. The van der Waals surface area contributed by atoms with Gasteiger partial charge in [-0.15, -0.1) is 5.10 Å². The van der Waals surface area contributed by atoms with Gasteiger partial charge in [0.2, 0.25) is 5.03 Å². The van der Waals surface area contributed by atoms with Crippen LogP contribution in [0.2, 0.25) is 0 Å². The Morgan fingerprint density at radius 2 is 2.05 bits per heavy atom. The fourth-order valence-electron chi connectivity index (χ4n) is 3.37. The number of fused-ring (bicyclic) bond motifs is 1. The van der Waals surface area contributed by atoms with Gasteiger partial charge in [0.25, 0.3) is 10.0 Å². The summed E-state index contributed by atoms with van der Waals surface area (Å²) in [6.45, 7) is 4.41. The highest BCUT2D eigenvalue weighted by atomic mass is 79.9. The molecule has 2 saturated heterocycles. The molecule has 0 saturated carbocycles. The van der Waals surface area contributed by atoms with Gasteiger partial charge < -0.3 is 0 Å². The second-order valence-electron chi connectivity index (χ2n) is 5.88. The lowest BCUT2D eigenvalue weighted by molar-refractivity contribution is 0.0562. The molecule has 9 heteroatoms. The minimum Gasteiger partial charge on any atom is -0.297 e. The lowest BCUT2D eigenvalue weighted by atomic mass is 9.99. The summed E-state index contributed by atoms with van der Waals surface area (Å²) >= 11 is 3.20. The van der Waals surface area contributed by atoms with Crippen LogP contribution in [0.25, 0.3) is 0 Å². The van der Waals surface area contributed by atoms with Gasteiger partial charge in [-0.1, -0.05) is 11.6 Å². The van der Waals surface area contributed by atoms with Crippen LogP contribution < -0.4 is 0 Å². The maximum absolute atomic E-state index is 13.0. The summed E-state index contributed by atoms with van der Waals surface area (Å²) < 4.78 is 29.1. The summed E-state index contributed by atoms with van der Waals surface area (Å²) in [7, 11) is -1.98. The second-order valence-corrected chi connectivity index (χ2v) is 8.43. The summed E-state index contributed by atoms with van der Waals surface area (Å²) in [5.74, 6) is 0. The Morgan fingerprint density at radius 1 is 1.29 bits per heavy atom. The smallest absolute Gasteiger partial charge is 0.263 e. The van der Waals surface area contributed by atoms with Crippen LogP contribution in [0.5, 0.6) is 0 Å². The van der Waals surface area contributed by atoms with Gasteiger partial charge >= 0.3 is 0 Å². The number of halogens is 1. The number of piperidine rings is 1. The maximum atomic E-state index is 13.0. The van der Waals surface area contributed by atoms with Crippen molar-refractivity contribution >= 4 is 26.0 Å². The minimum absolute atomic E-state index is 0.0360. The zero-order chi connectivity index (χ0) is 15.2. The Labute approximate surface area is 133 Å². The monoisotopic (exact) mass is 377 g/mol. The molecule has 21 heavy (non-hydrogen) atoms. The van der Waals surface area contributed by atoms with Crippen LogP contribution in [0.15, 0.2) is 9.63 Å². The number of nitrogens with zero attached hydrogens (tertiary/aromatic N) is 5. The summed E-state index contributed by atoms with van der Waals surface area (Å²) in [6, 6.07) is 0.302. The van der Waals surface area contributed by atoms with E-state index < -0.39 is 10.0 Å². The molecule has 2 aliphatic rings. The van der Waals surface area contributed by atoms with Gasteiger partial charge in [-0.25, -0.2) is 13.1 Å². The van der Waals surface area contributed by atoms with Gasteiger partial charge in [0.15, 0.2) is 4.60 Å². The van der Waals surface area contributed by atoms with E-state index in [-0.39, 0.29) is 15.7 Å². The third kappa shape index (κ3) is 2.64. The maximum Gasteiger partial charge on any atom is 0.263 e. The molecular weight excluding hydrogens is 358 g/mol. The largest absolute Gasteiger partial charge is 0.297 e. The number of hydrogen-bond acceptors (Lipinski definition) is 5. The molecule has 1 aromatic rings. The van der Waals surface area contributed by atoms with E-state index in [0.29, 0.717) is 12.6 Å². The summed E-state index contributed by atoms with van der Waals surface area (Å²) in [5.41, 5.74) is 0. The van der Waals surface area contributed by atoms with Gasteiger partial charge in [-0.05, 0) is 42.2 Å². The SMILES string of the molecule is CC1CN2CCCCC2CN1S(=O)(=O)c1c(Br)nnn1C. The van der Waals surface area contributed by atoms with E-state index >= 15 is 0 Å². The second kappa shape index (κ2) is 5.60. The van der Waals surface area contributed by atoms with Crippen LogP contribution >= 0.6 is 15.9 Å². The van der Waals surface area contributed by atoms with Crippen molar-refractivity contribution in [3.8, 4) is 0 Å². The van der Waals surface area contributed by atoms with Crippen LogP contribution in [-0.4, -0.2) is 64.3 Å². The van der Waals surface area contributed by atoms with Crippen LogP contribution in [0, 0.1) is 0 Å². The molecule has 0 aliphatic carbocycles. The van der Waals surface area contributed by atoms with Gasteiger partial charge in [0.05, 0.1) is 0 Å². The fourth-order valence-corrected chi connectivity index (χ4v) is 6.06. The molecule has 0 aromatic carbocycles. The molecule has 2 atom stereocenters. The van der Waals surface area contributed by atoms with E-state index in [2.05, 4.69) is 31.1 Å². The Hall–Kier alpha value is -0.510. The first-order chi connectivity index (χ1) is 9.91. The van der Waals surface area contributed by atoms with E-state index in [4.69, 9.17) is 0 Å².